The maximum absolute atomic E-state index is 11.8. The van der Waals surface area contributed by atoms with Crippen molar-refractivity contribution in [3.05, 3.63) is 52.0 Å². The predicted octanol–water partition coefficient (Wildman–Crippen LogP) is 2.13. The second-order valence-corrected chi connectivity index (χ2v) is 5.28. The molecule has 2 rings (SSSR count). The van der Waals surface area contributed by atoms with Gasteiger partial charge in [0.25, 0.3) is 5.91 Å². The standard InChI is InChI=1S/C14H17N3OS/c1-17(2)8-12-6-4-3-5-11(12)7-15-14(18)13-9-19-10-16-13/h3-6,9-10H,7-8H2,1-2H3,(H,15,18). The van der Waals surface area contributed by atoms with Crippen molar-refractivity contribution in [2.75, 3.05) is 14.1 Å². The van der Waals surface area contributed by atoms with E-state index in [4.69, 9.17) is 0 Å². The Morgan fingerprint density at radius 3 is 2.68 bits per heavy atom. The molecular weight excluding hydrogens is 258 g/mol. The monoisotopic (exact) mass is 275 g/mol. The van der Waals surface area contributed by atoms with Crippen LogP contribution in [0.3, 0.4) is 0 Å². The molecule has 1 aromatic heterocycles. The molecule has 0 bridgehead atoms. The van der Waals surface area contributed by atoms with Gasteiger partial charge >= 0.3 is 0 Å². The number of aromatic nitrogens is 1. The van der Waals surface area contributed by atoms with Crippen molar-refractivity contribution in [3.8, 4) is 0 Å². The first kappa shape index (κ1) is 13.7. The summed E-state index contributed by atoms with van der Waals surface area (Å²) >= 11 is 1.42. The Balaban J connectivity index is 2.01. The van der Waals surface area contributed by atoms with Crippen LogP contribution in [0, 0.1) is 0 Å². The van der Waals surface area contributed by atoms with Crippen LogP contribution in [0.4, 0.5) is 0 Å². The van der Waals surface area contributed by atoms with Gasteiger partial charge in [0, 0.05) is 18.5 Å². The highest BCUT2D eigenvalue weighted by Crippen LogP contribution is 2.10. The van der Waals surface area contributed by atoms with Crippen LogP contribution < -0.4 is 5.32 Å². The minimum Gasteiger partial charge on any atom is -0.347 e. The molecule has 1 heterocycles. The van der Waals surface area contributed by atoms with Gasteiger partial charge in [-0.25, -0.2) is 4.98 Å². The number of nitrogens with zero attached hydrogens (tertiary/aromatic N) is 2. The van der Waals surface area contributed by atoms with E-state index in [1.54, 1.807) is 10.9 Å². The molecule has 0 atom stereocenters. The summed E-state index contributed by atoms with van der Waals surface area (Å²) in [7, 11) is 4.06. The number of nitrogens with one attached hydrogen (secondary N) is 1. The molecular formula is C14H17N3OS. The summed E-state index contributed by atoms with van der Waals surface area (Å²) in [6.45, 7) is 1.39. The Bertz CT molecular complexity index is 537. The molecule has 2 aromatic rings. The van der Waals surface area contributed by atoms with Crippen LogP contribution in [0.15, 0.2) is 35.2 Å². The number of carbonyl (C=O) groups excluding carboxylic acids is 1. The van der Waals surface area contributed by atoms with Crippen molar-refractivity contribution < 1.29 is 4.79 Å². The number of rotatable bonds is 5. The van der Waals surface area contributed by atoms with Crippen LogP contribution in [0.25, 0.3) is 0 Å². The third-order valence-electron chi connectivity index (χ3n) is 2.71. The Hall–Kier alpha value is -1.72. The van der Waals surface area contributed by atoms with Gasteiger partial charge in [-0.05, 0) is 25.2 Å². The quantitative estimate of drug-likeness (QED) is 0.909. The zero-order valence-corrected chi connectivity index (χ0v) is 11.9. The number of thiazole rings is 1. The second kappa shape index (κ2) is 6.45. The van der Waals surface area contributed by atoms with E-state index in [9.17, 15) is 4.79 Å². The van der Waals surface area contributed by atoms with Crippen molar-refractivity contribution in [2.45, 2.75) is 13.1 Å². The van der Waals surface area contributed by atoms with Crippen LogP contribution in [0.1, 0.15) is 21.6 Å². The number of carbonyl (C=O) groups is 1. The van der Waals surface area contributed by atoms with Gasteiger partial charge in [0.2, 0.25) is 0 Å². The summed E-state index contributed by atoms with van der Waals surface area (Å²) < 4.78 is 0. The van der Waals surface area contributed by atoms with E-state index in [-0.39, 0.29) is 5.91 Å². The molecule has 0 fully saturated rings. The first-order valence-corrected chi connectivity index (χ1v) is 6.99. The van der Waals surface area contributed by atoms with E-state index >= 15 is 0 Å². The lowest BCUT2D eigenvalue weighted by Gasteiger charge is -2.14. The molecule has 0 saturated carbocycles. The SMILES string of the molecule is CN(C)Cc1ccccc1CNC(=O)c1cscn1. The molecule has 0 saturated heterocycles. The first-order chi connectivity index (χ1) is 9.16. The van der Waals surface area contributed by atoms with E-state index in [2.05, 4.69) is 21.3 Å². The zero-order valence-electron chi connectivity index (χ0n) is 11.1. The number of amides is 1. The van der Waals surface area contributed by atoms with Gasteiger partial charge in [0.15, 0.2) is 0 Å². The van der Waals surface area contributed by atoms with Gasteiger partial charge in [-0.1, -0.05) is 24.3 Å². The van der Waals surface area contributed by atoms with Gasteiger partial charge in [0.1, 0.15) is 5.69 Å². The molecule has 0 unspecified atom stereocenters. The lowest BCUT2D eigenvalue weighted by Crippen LogP contribution is -2.24. The fourth-order valence-electron chi connectivity index (χ4n) is 1.82. The van der Waals surface area contributed by atoms with Gasteiger partial charge in [-0.15, -0.1) is 11.3 Å². The van der Waals surface area contributed by atoms with Crippen LogP contribution in [-0.4, -0.2) is 29.9 Å². The fraction of sp³-hybridized carbons (Fsp3) is 0.286. The summed E-state index contributed by atoms with van der Waals surface area (Å²) in [5, 5.41) is 4.65. The van der Waals surface area contributed by atoms with E-state index in [0.717, 1.165) is 12.1 Å². The molecule has 1 N–H and O–H groups in total. The molecule has 0 radical (unpaired) electrons. The summed E-state index contributed by atoms with van der Waals surface area (Å²) in [6, 6.07) is 8.14. The molecule has 0 aliphatic heterocycles. The van der Waals surface area contributed by atoms with Crippen molar-refractivity contribution in [1.29, 1.82) is 0 Å². The van der Waals surface area contributed by atoms with Crippen molar-refractivity contribution in [3.63, 3.8) is 0 Å². The molecule has 1 aromatic carbocycles. The molecule has 5 heteroatoms. The highest BCUT2D eigenvalue weighted by Gasteiger charge is 2.08. The summed E-state index contributed by atoms with van der Waals surface area (Å²) in [6.07, 6.45) is 0. The Kier molecular flexibility index (Phi) is 4.65. The van der Waals surface area contributed by atoms with Gasteiger partial charge in [0.05, 0.1) is 5.51 Å². The van der Waals surface area contributed by atoms with Crippen molar-refractivity contribution >= 4 is 17.2 Å². The lowest BCUT2D eigenvalue weighted by molar-refractivity contribution is 0.0946. The Morgan fingerprint density at radius 1 is 1.32 bits per heavy atom. The van der Waals surface area contributed by atoms with E-state index in [1.165, 1.54) is 16.9 Å². The van der Waals surface area contributed by atoms with Crippen molar-refractivity contribution in [2.24, 2.45) is 0 Å². The van der Waals surface area contributed by atoms with Crippen LogP contribution in [-0.2, 0) is 13.1 Å². The number of hydrogen-bond donors (Lipinski definition) is 1. The average molecular weight is 275 g/mol. The summed E-state index contributed by atoms with van der Waals surface area (Å²) in [5.74, 6) is -0.124. The van der Waals surface area contributed by atoms with E-state index in [0.29, 0.717) is 12.2 Å². The normalized spacial score (nSPS) is 10.7. The maximum Gasteiger partial charge on any atom is 0.271 e. The average Bonchev–Trinajstić information content (AvgIpc) is 2.90. The third kappa shape index (κ3) is 3.87. The molecule has 19 heavy (non-hydrogen) atoms. The van der Waals surface area contributed by atoms with E-state index in [1.807, 2.05) is 32.3 Å². The van der Waals surface area contributed by atoms with Crippen molar-refractivity contribution in [1.82, 2.24) is 15.2 Å². The molecule has 4 nitrogen and oxygen atoms in total. The maximum atomic E-state index is 11.8. The predicted molar refractivity (Wildman–Crippen MR) is 77.1 cm³/mol. The number of benzene rings is 1. The van der Waals surface area contributed by atoms with Gasteiger partial charge in [-0.2, -0.15) is 0 Å². The largest absolute Gasteiger partial charge is 0.347 e. The molecule has 100 valence electrons. The molecule has 0 aliphatic carbocycles. The molecule has 0 spiro atoms. The van der Waals surface area contributed by atoms with Crippen LogP contribution in [0.5, 0.6) is 0 Å². The summed E-state index contributed by atoms with van der Waals surface area (Å²) in [5.41, 5.74) is 4.51. The topological polar surface area (TPSA) is 45.2 Å². The smallest absolute Gasteiger partial charge is 0.271 e. The molecule has 0 aliphatic rings. The Morgan fingerprint density at radius 2 is 2.05 bits per heavy atom. The first-order valence-electron chi connectivity index (χ1n) is 6.04. The minimum absolute atomic E-state index is 0.124. The fourth-order valence-corrected chi connectivity index (χ4v) is 2.35. The van der Waals surface area contributed by atoms with Crippen LogP contribution in [0.2, 0.25) is 0 Å². The Labute approximate surface area is 117 Å². The van der Waals surface area contributed by atoms with Gasteiger partial charge in [-0.3, -0.25) is 4.79 Å². The van der Waals surface area contributed by atoms with Gasteiger partial charge < -0.3 is 10.2 Å². The van der Waals surface area contributed by atoms with Crippen LogP contribution >= 0.6 is 11.3 Å². The zero-order chi connectivity index (χ0) is 13.7. The molecule has 1 amide bonds. The highest BCUT2D eigenvalue weighted by atomic mass is 32.1. The second-order valence-electron chi connectivity index (χ2n) is 4.56. The highest BCUT2D eigenvalue weighted by molar-refractivity contribution is 7.07. The minimum atomic E-state index is -0.124. The van der Waals surface area contributed by atoms with E-state index < -0.39 is 0 Å². The number of hydrogen-bond acceptors (Lipinski definition) is 4. The summed E-state index contributed by atoms with van der Waals surface area (Å²) in [4.78, 5) is 17.9. The third-order valence-corrected chi connectivity index (χ3v) is 3.30. The lowest BCUT2D eigenvalue weighted by atomic mass is 10.1.